The average Bonchev–Trinajstić information content (AvgIpc) is 2.66. The molecule has 0 aliphatic heterocycles. The first-order valence-corrected chi connectivity index (χ1v) is 8.29. The first-order valence-electron chi connectivity index (χ1n) is 8.29. The molecular weight excluding hydrogens is 377 g/mol. The van der Waals surface area contributed by atoms with Crippen LogP contribution >= 0.6 is 0 Å². The number of carbonyl (C=O) groups is 1. The van der Waals surface area contributed by atoms with Gasteiger partial charge in [0.2, 0.25) is 5.75 Å². The molecule has 0 bridgehead atoms. The quantitative estimate of drug-likeness (QED) is 0.737. The molecule has 2 N–H and O–H groups in total. The molecule has 2 rings (SSSR count). The van der Waals surface area contributed by atoms with E-state index in [2.05, 4.69) is 10.6 Å². The lowest BCUT2D eigenvalue weighted by atomic mass is 10.1. The van der Waals surface area contributed by atoms with Crippen LogP contribution in [0.1, 0.15) is 11.1 Å². The van der Waals surface area contributed by atoms with Crippen LogP contribution in [0.15, 0.2) is 36.4 Å². The number of ether oxygens (including phenoxy) is 3. The van der Waals surface area contributed by atoms with Crippen molar-refractivity contribution in [3.63, 3.8) is 0 Å². The van der Waals surface area contributed by atoms with Crippen LogP contribution in [-0.4, -0.2) is 33.9 Å². The van der Waals surface area contributed by atoms with E-state index in [0.717, 1.165) is 17.7 Å². The van der Waals surface area contributed by atoms with Crippen LogP contribution in [0.5, 0.6) is 17.2 Å². The maximum Gasteiger partial charge on any atom is 0.416 e. The van der Waals surface area contributed by atoms with Gasteiger partial charge in [-0.3, -0.25) is 0 Å². The predicted molar refractivity (Wildman–Crippen MR) is 98.3 cm³/mol. The molecule has 0 aliphatic rings. The minimum Gasteiger partial charge on any atom is -0.493 e. The third kappa shape index (κ3) is 5.45. The number of methoxy groups -OCH3 is 3. The summed E-state index contributed by atoms with van der Waals surface area (Å²) in [5, 5.41) is 4.98. The van der Waals surface area contributed by atoms with Crippen molar-refractivity contribution in [3.05, 3.63) is 47.5 Å². The molecule has 152 valence electrons. The van der Waals surface area contributed by atoms with Crippen molar-refractivity contribution in [1.82, 2.24) is 5.32 Å². The van der Waals surface area contributed by atoms with Crippen molar-refractivity contribution >= 4 is 11.7 Å². The van der Waals surface area contributed by atoms with Gasteiger partial charge in [-0.15, -0.1) is 0 Å². The molecule has 0 fully saturated rings. The molecule has 2 aromatic rings. The Labute approximate surface area is 160 Å². The van der Waals surface area contributed by atoms with Crippen molar-refractivity contribution in [2.45, 2.75) is 12.6 Å². The summed E-state index contributed by atoms with van der Waals surface area (Å²) in [5.74, 6) is 1.44. The van der Waals surface area contributed by atoms with Crippen molar-refractivity contribution in [3.8, 4) is 17.2 Å². The van der Waals surface area contributed by atoms with E-state index in [1.807, 2.05) is 0 Å². The van der Waals surface area contributed by atoms with E-state index < -0.39 is 17.8 Å². The van der Waals surface area contributed by atoms with Crippen LogP contribution in [0.4, 0.5) is 23.7 Å². The molecule has 0 saturated heterocycles. The fourth-order valence-electron chi connectivity index (χ4n) is 2.55. The Kier molecular flexibility index (Phi) is 6.97. The molecule has 0 spiro atoms. The molecule has 0 aromatic heterocycles. The van der Waals surface area contributed by atoms with Gasteiger partial charge in [0.05, 0.1) is 26.9 Å². The van der Waals surface area contributed by atoms with E-state index in [9.17, 15) is 18.0 Å². The van der Waals surface area contributed by atoms with Gasteiger partial charge in [-0.1, -0.05) is 6.07 Å². The van der Waals surface area contributed by atoms with Gasteiger partial charge >= 0.3 is 12.2 Å². The highest BCUT2D eigenvalue weighted by Gasteiger charge is 2.30. The summed E-state index contributed by atoms with van der Waals surface area (Å²) in [6.07, 6.45) is -4.02. The third-order valence-corrected chi connectivity index (χ3v) is 3.87. The van der Waals surface area contributed by atoms with Crippen molar-refractivity contribution in [2.75, 3.05) is 33.2 Å². The summed E-state index contributed by atoms with van der Waals surface area (Å²) in [4.78, 5) is 11.9. The Morgan fingerprint density at radius 3 is 2.18 bits per heavy atom. The van der Waals surface area contributed by atoms with Crippen LogP contribution in [-0.2, 0) is 12.6 Å². The lowest BCUT2D eigenvalue weighted by molar-refractivity contribution is -0.137. The number of benzene rings is 2. The maximum atomic E-state index is 12.7. The van der Waals surface area contributed by atoms with Gasteiger partial charge in [0.15, 0.2) is 11.5 Å². The normalized spacial score (nSPS) is 10.9. The zero-order valence-electron chi connectivity index (χ0n) is 15.6. The minimum absolute atomic E-state index is 0.0557. The lowest BCUT2D eigenvalue weighted by Gasteiger charge is -2.14. The van der Waals surface area contributed by atoms with Gasteiger partial charge < -0.3 is 24.8 Å². The van der Waals surface area contributed by atoms with Gasteiger partial charge in [-0.05, 0) is 42.3 Å². The average molecular weight is 398 g/mol. The molecule has 0 radical (unpaired) electrons. The zero-order chi connectivity index (χ0) is 20.7. The highest BCUT2D eigenvalue weighted by Crippen LogP contribution is 2.38. The standard InChI is InChI=1S/C19H21F3N2O4/c1-26-15-9-12(10-16(27-2)17(15)28-3)7-8-23-18(25)24-14-6-4-5-13(11-14)19(20,21)22/h4-6,9-11H,7-8H2,1-3H3,(H2,23,24,25). The molecule has 2 amide bonds. The number of hydrogen-bond donors (Lipinski definition) is 2. The minimum atomic E-state index is -4.47. The first-order chi connectivity index (χ1) is 13.3. The van der Waals surface area contributed by atoms with Crippen LogP contribution in [0, 0.1) is 0 Å². The van der Waals surface area contributed by atoms with E-state index in [-0.39, 0.29) is 12.2 Å². The number of anilines is 1. The number of amides is 2. The topological polar surface area (TPSA) is 68.8 Å². The second-order valence-corrected chi connectivity index (χ2v) is 5.74. The van der Waals surface area contributed by atoms with Crippen LogP contribution < -0.4 is 24.8 Å². The fourth-order valence-corrected chi connectivity index (χ4v) is 2.55. The molecule has 2 aromatic carbocycles. The Morgan fingerprint density at radius 2 is 1.64 bits per heavy atom. The van der Waals surface area contributed by atoms with Crippen molar-refractivity contribution in [1.29, 1.82) is 0 Å². The molecule has 0 atom stereocenters. The fraction of sp³-hybridized carbons (Fsp3) is 0.316. The Balaban J connectivity index is 1.96. The van der Waals surface area contributed by atoms with Gasteiger partial charge in [0.1, 0.15) is 0 Å². The van der Waals surface area contributed by atoms with E-state index in [1.165, 1.54) is 33.5 Å². The molecule has 0 aliphatic carbocycles. The Hall–Kier alpha value is -3.10. The number of rotatable bonds is 7. The van der Waals surface area contributed by atoms with Crippen LogP contribution in [0.3, 0.4) is 0 Å². The van der Waals surface area contributed by atoms with Crippen LogP contribution in [0.2, 0.25) is 0 Å². The number of urea groups is 1. The lowest BCUT2D eigenvalue weighted by Crippen LogP contribution is -2.30. The molecule has 28 heavy (non-hydrogen) atoms. The number of carbonyl (C=O) groups excluding carboxylic acids is 1. The van der Waals surface area contributed by atoms with E-state index in [1.54, 1.807) is 12.1 Å². The Bertz CT molecular complexity index is 800. The molecule has 0 saturated carbocycles. The largest absolute Gasteiger partial charge is 0.493 e. The summed E-state index contributed by atoms with van der Waals surface area (Å²) in [7, 11) is 4.50. The summed E-state index contributed by atoms with van der Waals surface area (Å²) in [6.45, 7) is 0.253. The number of alkyl halides is 3. The summed E-state index contributed by atoms with van der Waals surface area (Å²) in [6, 6.07) is 7.34. The van der Waals surface area contributed by atoms with Crippen LogP contribution in [0.25, 0.3) is 0 Å². The summed E-state index contributed by atoms with van der Waals surface area (Å²) < 4.78 is 53.9. The highest BCUT2D eigenvalue weighted by atomic mass is 19.4. The molecule has 9 heteroatoms. The number of nitrogens with one attached hydrogen (secondary N) is 2. The second kappa shape index (κ2) is 9.20. The van der Waals surface area contributed by atoms with E-state index in [4.69, 9.17) is 14.2 Å². The molecular formula is C19H21F3N2O4. The number of halogens is 3. The highest BCUT2D eigenvalue weighted by molar-refractivity contribution is 5.89. The van der Waals surface area contributed by atoms with Crippen molar-refractivity contribution < 1.29 is 32.2 Å². The third-order valence-electron chi connectivity index (χ3n) is 3.87. The smallest absolute Gasteiger partial charge is 0.416 e. The zero-order valence-corrected chi connectivity index (χ0v) is 15.6. The summed E-state index contributed by atoms with van der Waals surface area (Å²) in [5.41, 5.74) is 0.0525. The van der Waals surface area contributed by atoms with E-state index >= 15 is 0 Å². The Morgan fingerprint density at radius 1 is 1.00 bits per heavy atom. The molecule has 6 nitrogen and oxygen atoms in total. The van der Waals surface area contributed by atoms with Gasteiger partial charge in [0, 0.05) is 12.2 Å². The predicted octanol–water partition coefficient (Wildman–Crippen LogP) is 4.10. The molecule has 0 heterocycles. The SMILES string of the molecule is COc1cc(CCNC(=O)Nc2cccc(C(F)(F)F)c2)cc(OC)c1OC. The number of hydrogen-bond acceptors (Lipinski definition) is 4. The maximum absolute atomic E-state index is 12.7. The van der Waals surface area contributed by atoms with Gasteiger partial charge in [0.25, 0.3) is 0 Å². The first kappa shape index (κ1) is 21.2. The molecule has 0 unspecified atom stereocenters. The monoisotopic (exact) mass is 398 g/mol. The van der Waals surface area contributed by atoms with Crippen molar-refractivity contribution in [2.24, 2.45) is 0 Å². The van der Waals surface area contributed by atoms with E-state index in [0.29, 0.717) is 23.7 Å². The van der Waals surface area contributed by atoms with Gasteiger partial charge in [-0.2, -0.15) is 13.2 Å². The summed E-state index contributed by atoms with van der Waals surface area (Å²) >= 11 is 0. The second-order valence-electron chi connectivity index (χ2n) is 5.74. The van der Waals surface area contributed by atoms with Gasteiger partial charge in [-0.25, -0.2) is 4.79 Å².